The summed E-state index contributed by atoms with van der Waals surface area (Å²) in [5, 5.41) is 0. The molecule has 1 unspecified atom stereocenters. The molecular formula is C18H23NO3. The zero-order valence-corrected chi connectivity index (χ0v) is 13.4. The van der Waals surface area contributed by atoms with Crippen LogP contribution in [-0.2, 0) is 16.1 Å². The van der Waals surface area contributed by atoms with Crippen molar-refractivity contribution < 1.29 is 14.3 Å². The summed E-state index contributed by atoms with van der Waals surface area (Å²) in [6.07, 6.45) is 4.72. The Morgan fingerprint density at radius 3 is 2.55 bits per heavy atom. The highest BCUT2D eigenvalue weighted by atomic mass is 16.6. The maximum atomic E-state index is 12.3. The van der Waals surface area contributed by atoms with Crippen LogP contribution in [-0.4, -0.2) is 34.8 Å². The van der Waals surface area contributed by atoms with Gasteiger partial charge in [-0.15, -0.1) is 0 Å². The zero-order chi connectivity index (χ0) is 15.8. The van der Waals surface area contributed by atoms with Gasteiger partial charge in [-0.25, -0.2) is 4.79 Å². The zero-order valence-electron chi connectivity index (χ0n) is 13.4. The number of nitrogens with zero attached hydrogens (tertiary/aromatic N) is 1. The van der Waals surface area contributed by atoms with Gasteiger partial charge < -0.3 is 9.47 Å². The second-order valence-electron chi connectivity index (χ2n) is 7.04. The summed E-state index contributed by atoms with van der Waals surface area (Å²) < 4.78 is 11.5. The smallest absolute Gasteiger partial charge is 0.411 e. The van der Waals surface area contributed by atoms with Gasteiger partial charge in [0.1, 0.15) is 5.60 Å². The fourth-order valence-corrected chi connectivity index (χ4v) is 2.79. The van der Waals surface area contributed by atoms with Gasteiger partial charge in [-0.1, -0.05) is 42.5 Å². The van der Waals surface area contributed by atoms with Gasteiger partial charge >= 0.3 is 6.09 Å². The number of carbonyl (C=O) groups is 1. The molecule has 118 valence electrons. The molecule has 1 aromatic rings. The van der Waals surface area contributed by atoms with Crippen molar-refractivity contribution in [2.75, 3.05) is 6.54 Å². The van der Waals surface area contributed by atoms with E-state index >= 15 is 0 Å². The normalized spacial score (nSPS) is 22.1. The molecule has 1 aliphatic heterocycles. The number of carbonyl (C=O) groups excluding carboxylic acids is 1. The molecule has 1 amide bonds. The number of rotatable bonds is 3. The third-order valence-electron chi connectivity index (χ3n) is 3.94. The summed E-state index contributed by atoms with van der Waals surface area (Å²) in [7, 11) is 0. The molecule has 1 aromatic carbocycles. The van der Waals surface area contributed by atoms with E-state index in [4.69, 9.17) is 9.47 Å². The van der Waals surface area contributed by atoms with Crippen LogP contribution in [0.1, 0.15) is 32.8 Å². The van der Waals surface area contributed by atoms with Crippen molar-refractivity contribution in [2.24, 2.45) is 0 Å². The Morgan fingerprint density at radius 1 is 1.27 bits per heavy atom. The van der Waals surface area contributed by atoms with E-state index in [9.17, 15) is 4.79 Å². The van der Waals surface area contributed by atoms with Crippen LogP contribution in [0.3, 0.4) is 0 Å². The fourth-order valence-electron chi connectivity index (χ4n) is 2.79. The lowest BCUT2D eigenvalue weighted by Gasteiger charge is -2.28. The van der Waals surface area contributed by atoms with E-state index in [0.29, 0.717) is 13.2 Å². The van der Waals surface area contributed by atoms with Crippen LogP contribution in [0.15, 0.2) is 42.5 Å². The molecule has 1 fully saturated rings. The minimum atomic E-state index is -0.476. The molecule has 0 N–H and O–H groups in total. The van der Waals surface area contributed by atoms with Crippen molar-refractivity contribution >= 4 is 6.09 Å². The number of benzene rings is 1. The minimum Gasteiger partial charge on any atom is -0.444 e. The number of amides is 1. The molecular weight excluding hydrogens is 278 g/mol. The Balaban J connectivity index is 1.58. The van der Waals surface area contributed by atoms with E-state index in [2.05, 4.69) is 12.2 Å². The van der Waals surface area contributed by atoms with Crippen LogP contribution in [0, 0.1) is 0 Å². The average molecular weight is 301 g/mol. The molecule has 1 saturated heterocycles. The topological polar surface area (TPSA) is 38.8 Å². The summed E-state index contributed by atoms with van der Waals surface area (Å²) in [5.74, 6) is 0. The average Bonchev–Trinajstić information content (AvgIpc) is 3.10. The molecule has 0 radical (unpaired) electrons. The molecule has 1 heterocycles. The monoisotopic (exact) mass is 301 g/mol. The number of hydrogen-bond acceptors (Lipinski definition) is 3. The Bertz CT molecular complexity index is 568. The first-order valence-corrected chi connectivity index (χ1v) is 7.75. The second-order valence-corrected chi connectivity index (χ2v) is 7.04. The van der Waals surface area contributed by atoms with Gasteiger partial charge in [-0.05, 0) is 26.3 Å². The maximum absolute atomic E-state index is 12.3. The van der Waals surface area contributed by atoms with Gasteiger partial charge in [0.25, 0.3) is 0 Å². The van der Waals surface area contributed by atoms with Crippen molar-refractivity contribution in [1.82, 2.24) is 4.90 Å². The summed E-state index contributed by atoms with van der Waals surface area (Å²) in [6, 6.07) is 10.1. The third kappa shape index (κ3) is 3.33. The van der Waals surface area contributed by atoms with Crippen molar-refractivity contribution in [3.05, 3.63) is 48.0 Å². The molecule has 1 atom stereocenters. The first kappa shape index (κ1) is 15.1. The SMILES string of the molecule is CC(C)(C)OC(=O)N1CC(OCc2ccccc2)CC12C=C2. The highest BCUT2D eigenvalue weighted by Gasteiger charge is 2.52. The third-order valence-corrected chi connectivity index (χ3v) is 3.94. The van der Waals surface area contributed by atoms with E-state index in [1.165, 1.54) is 0 Å². The van der Waals surface area contributed by atoms with Gasteiger partial charge in [0.2, 0.25) is 0 Å². The van der Waals surface area contributed by atoms with Crippen LogP contribution in [0.2, 0.25) is 0 Å². The molecule has 3 rings (SSSR count). The first-order valence-electron chi connectivity index (χ1n) is 7.75. The molecule has 1 spiro atoms. The summed E-state index contributed by atoms with van der Waals surface area (Å²) in [6.45, 7) is 6.81. The number of hydrogen-bond donors (Lipinski definition) is 0. The highest BCUT2D eigenvalue weighted by molar-refractivity contribution is 5.72. The standard InChI is InChI=1S/C18H23NO3/c1-17(2,3)22-16(20)19-12-15(11-18(19)9-10-18)21-13-14-7-5-4-6-8-14/h4-10,15H,11-13H2,1-3H3. The second kappa shape index (κ2) is 5.43. The van der Waals surface area contributed by atoms with Crippen LogP contribution in [0.25, 0.3) is 0 Å². The quantitative estimate of drug-likeness (QED) is 0.802. The van der Waals surface area contributed by atoms with Gasteiger partial charge in [0.15, 0.2) is 0 Å². The van der Waals surface area contributed by atoms with Crippen LogP contribution < -0.4 is 0 Å². The molecule has 0 aromatic heterocycles. The van der Waals surface area contributed by atoms with Crippen molar-refractivity contribution in [2.45, 2.75) is 51.0 Å². The Labute approximate surface area is 131 Å². The Kier molecular flexibility index (Phi) is 3.73. The molecule has 1 aliphatic carbocycles. The predicted molar refractivity (Wildman–Crippen MR) is 84.4 cm³/mol. The van der Waals surface area contributed by atoms with Gasteiger partial charge in [-0.3, -0.25) is 4.90 Å². The van der Waals surface area contributed by atoms with Crippen molar-refractivity contribution in [3.63, 3.8) is 0 Å². The number of ether oxygens (including phenoxy) is 2. The van der Waals surface area contributed by atoms with Gasteiger partial charge in [0.05, 0.1) is 24.8 Å². The van der Waals surface area contributed by atoms with Crippen LogP contribution in [0.4, 0.5) is 4.79 Å². The molecule has 22 heavy (non-hydrogen) atoms. The highest BCUT2D eigenvalue weighted by Crippen LogP contribution is 2.43. The van der Waals surface area contributed by atoms with E-state index in [0.717, 1.165) is 12.0 Å². The fraction of sp³-hybridized carbons (Fsp3) is 0.500. The minimum absolute atomic E-state index is 0.0442. The van der Waals surface area contributed by atoms with Crippen LogP contribution in [0.5, 0.6) is 0 Å². The van der Waals surface area contributed by atoms with Crippen LogP contribution >= 0.6 is 0 Å². The Hall–Kier alpha value is -1.81. The van der Waals surface area contributed by atoms with Crippen molar-refractivity contribution in [1.29, 1.82) is 0 Å². The van der Waals surface area contributed by atoms with E-state index < -0.39 is 5.60 Å². The maximum Gasteiger partial charge on any atom is 0.411 e. The van der Waals surface area contributed by atoms with E-state index in [1.54, 1.807) is 4.90 Å². The predicted octanol–water partition coefficient (Wildman–Crippen LogP) is 3.52. The molecule has 2 aliphatic rings. The van der Waals surface area contributed by atoms with E-state index in [1.807, 2.05) is 51.1 Å². The largest absolute Gasteiger partial charge is 0.444 e. The summed E-state index contributed by atoms with van der Waals surface area (Å²) in [5.41, 5.74) is 0.427. The van der Waals surface area contributed by atoms with Crippen molar-refractivity contribution in [3.8, 4) is 0 Å². The molecule has 0 saturated carbocycles. The van der Waals surface area contributed by atoms with E-state index in [-0.39, 0.29) is 17.7 Å². The summed E-state index contributed by atoms with van der Waals surface area (Å²) in [4.78, 5) is 14.1. The molecule has 4 heteroatoms. The molecule has 0 bridgehead atoms. The van der Waals surface area contributed by atoms with Gasteiger partial charge in [0, 0.05) is 6.42 Å². The lowest BCUT2D eigenvalue weighted by atomic mass is 10.1. The summed E-state index contributed by atoms with van der Waals surface area (Å²) >= 11 is 0. The lowest BCUT2D eigenvalue weighted by molar-refractivity contribution is 0.0149. The number of likely N-dealkylation sites (tertiary alicyclic amines) is 1. The first-order chi connectivity index (χ1) is 10.4. The lowest BCUT2D eigenvalue weighted by Crippen LogP contribution is -2.42. The molecule has 4 nitrogen and oxygen atoms in total. The Morgan fingerprint density at radius 2 is 1.95 bits per heavy atom. The van der Waals surface area contributed by atoms with Gasteiger partial charge in [-0.2, -0.15) is 0 Å².